The fourth-order valence-corrected chi connectivity index (χ4v) is 3.00. The van der Waals surface area contributed by atoms with Crippen LogP contribution in [0.3, 0.4) is 0 Å². The summed E-state index contributed by atoms with van der Waals surface area (Å²) in [6, 6.07) is 4.41. The number of benzene rings is 1. The molecule has 0 heterocycles. The van der Waals surface area contributed by atoms with E-state index in [-0.39, 0.29) is 17.3 Å². The molecule has 0 amide bonds. The molecule has 0 unspecified atom stereocenters. The third kappa shape index (κ3) is 3.82. The lowest BCUT2D eigenvalue weighted by molar-refractivity contribution is 0.208. The van der Waals surface area contributed by atoms with Crippen LogP contribution in [0.25, 0.3) is 0 Å². The van der Waals surface area contributed by atoms with Gasteiger partial charge in [0.05, 0.1) is 26.4 Å². The van der Waals surface area contributed by atoms with E-state index in [4.69, 9.17) is 14.6 Å². The van der Waals surface area contributed by atoms with Crippen LogP contribution < -0.4 is 14.2 Å². The Labute approximate surface area is 113 Å². The molecule has 0 spiro atoms. The van der Waals surface area contributed by atoms with Gasteiger partial charge >= 0.3 is 0 Å². The Hall–Kier alpha value is -1.31. The predicted octanol–water partition coefficient (Wildman–Crippen LogP) is 0.753. The molecular weight excluding hydrogens is 270 g/mol. The van der Waals surface area contributed by atoms with E-state index in [2.05, 4.69) is 4.72 Å². The van der Waals surface area contributed by atoms with Gasteiger partial charge in [0.25, 0.3) is 0 Å². The summed E-state index contributed by atoms with van der Waals surface area (Å²) in [5.41, 5.74) is -0.955. The highest BCUT2D eigenvalue weighted by molar-refractivity contribution is 7.89. The van der Waals surface area contributed by atoms with E-state index >= 15 is 0 Å². The average Bonchev–Trinajstić information content (AvgIpc) is 2.36. The largest absolute Gasteiger partial charge is 0.497 e. The minimum atomic E-state index is -3.79. The summed E-state index contributed by atoms with van der Waals surface area (Å²) in [6.45, 7) is 2.85. The Morgan fingerprint density at radius 1 is 1.26 bits per heavy atom. The first-order valence-electron chi connectivity index (χ1n) is 5.62. The van der Waals surface area contributed by atoms with Gasteiger partial charge in [0, 0.05) is 6.07 Å². The Balaban J connectivity index is 3.21. The van der Waals surface area contributed by atoms with Crippen LogP contribution in [0.5, 0.6) is 11.5 Å². The summed E-state index contributed by atoms with van der Waals surface area (Å²) in [6.07, 6.45) is 0. The lowest BCUT2D eigenvalue weighted by Crippen LogP contribution is -2.46. The van der Waals surface area contributed by atoms with Gasteiger partial charge in [-0.2, -0.15) is 0 Å². The number of hydrogen-bond donors (Lipinski definition) is 2. The molecular formula is C12H19NO5S. The van der Waals surface area contributed by atoms with Gasteiger partial charge in [-0.15, -0.1) is 0 Å². The second kappa shape index (κ2) is 5.77. The molecule has 1 rings (SSSR count). The monoisotopic (exact) mass is 289 g/mol. The van der Waals surface area contributed by atoms with Crippen molar-refractivity contribution in [2.45, 2.75) is 24.3 Å². The van der Waals surface area contributed by atoms with Gasteiger partial charge in [0.1, 0.15) is 16.4 Å². The first-order chi connectivity index (χ1) is 8.75. The smallest absolute Gasteiger partial charge is 0.244 e. The Morgan fingerprint density at radius 2 is 1.89 bits per heavy atom. The van der Waals surface area contributed by atoms with E-state index in [9.17, 15) is 8.42 Å². The van der Waals surface area contributed by atoms with Crippen LogP contribution >= 0.6 is 0 Å². The number of sulfonamides is 1. The summed E-state index contributed by atoms with van der Waals surface area (Å²) >= 11 is 0. The second-order valence-electron chi connectivity index (χ2n) is 4.66. The summed E-state index contributed by atoms with van der Waals surface area (Å²) < 4.78 is 37.0. The number of nitrogens with one attached hydrogen (secondary N) is 1. The molecule has 108 valence electrons. The van der Waals surface area contributed by atoms with Crippen molar-refractivity contribution >= 4 is 10.0 Å². The quantitative estimate of drug-likeness (QED) is 0.807. The molecule has 0 atom stereocenters. The molecule has 0 fully saturated rings. The van der Waals surface area contributed by atoms with Gasteiger partial charge in [-0.1, -0.05) is 0 Å². The van der Waals surface area contributed by atoms with Crippen molar-refractivity contribution in [3.05, 3.63) is 18.2 Å². The van der Waals surface area contributed by atoms with E-state index in [0.29, 0.717) is 5.75 Å². The van der Waals surface area contributed by atoms with Crippen molar-refractivity contribution in [3.63, 3.8) is 0 Å². The maximum Gasteiger partial charge on any atom is 0.244 e. The van der Waals surface area contributed by atoms with E-state index in [1.165, 1.54) is 32.4 Å². The lowest BCUT2D eigenvalue weighted by atomic mass is 10.1. The van der Waals surface area contributed by atoms with Gasteiger partial charge < -0.3 is 14.6 Å². The molecule has 0 aliphatic rings. The summed E-state index contributed by atoms with van der Waals surface area (Å²) in [4.78, 5) is -0.00248. The molecule has 0 aliphatic carbocycles. The first-order valence-corrected chi connectivity index (χ1v) is 7.11. The maximum absolute atomic E-state index is 12.2. The molecule has 1 aromatic carbocycles. The van der Waals surface area contributed by atoms with Crippen LogP contribution in [0.2, 0.25) is 0 Å². The molecule has 1 aromatic rings. The van der Waals surface area contributed by atoms with Gasteiger partial charge in [-0.05, 0) is 26.0 Å². The van der Waals surface area contributed by atoms with E-state index < -0.39 is 15.6 Å². The van der Waals surface area contributed by atoms with E-state index in [1.807, 2.05) is 0 Å². The van der Waals surface area contributed by atoms with Crippen molar-refractivity contribution < 1.29 is 23.0 Å². The normalized spacial score (nSPS) is 12.3. The minimum Gasteiger partial charge on any atom is -0.497 e. The highest BCUT2D eigenvalue weighted by Crippen LogP contribution is 2.28. The zero-order valence-corrected chi connectivity index (χ0v) is 12.2. The molecule has 6 nitrogen and oxygen atoms in total. The van der Waals surface area contributed by atoms with Gasteiger partial charge in [0.15, 0.2) is 0 Å². The van der Waals surface area contributed by atoms with Crippen LogP contribution in [0.4, 0.5) is 0 Å². The molecule has 0 aromatic heterocycles. The van der Waals surface area contributed by atoms with Gasteiger partial charge in [0.2, 0.25) is 10.0 Å². The van der Waals surface area contributed by atoms with E-state index in [0.717, 1.165) is 0 Å². The zero-order valence-electron chi connectivity index (χ0n) is 11.4. The van der Waals surface area contributed by atoms with Crippen molar-refractivity contribution in [3.8, 4) is 11.5 Å². The molecule has 0 aliphatic heterocycles. The topological polar surface area (TPSA) is 84.9 Å². The maximum atomic E-state index is 12.2. The molecule has 0 radical (unpaired) electrons. The third-order valence-corrected chi connectivity index (χ3v) is 4.20. The summed E-state index contributed by atoms with van der Waals surface area (Å²) in [7, 11) is -0.926. The third-order valence-electron chi connectivity index (χ3n) is 2.47. The van der Waals surface area contributed by atoms with Crippen molar-refractivity contribution in [2.75, 3.05) is 20.8 Å². The molecule has 19 heavy (non-hydrogen) atoms. The summed E-state index contributed by atoms with van der Waals surface area (Å²) in [5.74, 6) is 0.679. The first kappa shape index (κ1) is 15.7. The Bertz CT molecular complexity index is 539. The highest BCUT2D eigenvalue weighted by atomic mass is 32.2. The molecule has 0 saturated heterocycles. The molecule has 0 bridgehead atoms. The molecule has 0 saturated carbocycles. The van der Waals surface area contributed by atoms with Gasteiger partial charge in [-0.3, -0.25) is 0 Å². The molecule has 7 heteroatoms. The van der Waals surface area contributed by atoms with Crippen LogP contribution in [0.15, 0.2) is 23.1 Å². The van der Waals surface area contributed by atoms with Crippen LogP contribution in [-0.4, -0.2) is 39.9 Å². The van der Waals surface area contributed by atoms with Crippen molar-refractivity contribution in [1.29, 1.82) is 0 Å². The number of aliphatic hydroxyl groups is 1. The molecule has 2 N–H and O–H groups in total. The van der Waals surface area contributed by atoms with Gasteiger partial charge in [-0.25, -0.2) is 13.1 Å². The standard InChI is InChI=1S/C12H19NO5S/c1-12(2,8-14)13-19(15,16)11-6-5-9(17-3)7-10(11)18-4/h5-7,13-14H,8H2,1-4H3. The fourth-order valence-electron chi connectivity index (χ4n) is 1.45. The Morgan fingerprint density at radius 3 is 2.37 bits per heavy atom. The number of ether oxygens (including phenoxy) is 2. The number of rotatable bonds is 6. The summed E-state index contributed by atoms with van der Waals surface area (Å²) in [5, 5.41) is 9.13. The highest BCUT2D eigenvalue weighted by Gasteiger charge is 2.28. The zero-order chi connectivity index (χ0) is 14.7. The van der Waals surface area contributed by atoms with Crippen LogP contribution in [-0.2, 0) is 10.0 Å². The SMILES string of the molecule is COc1ccc(S(=O)(=O)NC(C)(C)CO)c(OC)c1. The second-order valence-corrected chi connectivity index (χ2v) is 6.32. The van der Waals surface area contributed by atoms with Crippen molar-refractivity contribution in [2.24, 2.45) is 0 Å². The lowest BCUT2D eigenvalue weighted by Gasteiger charge is -2.23. The van der Waals surface area contributed by atoms with E-state index in [1.54, 1.807) is 13.8 Å². The number of methoxy groups -OCH3 is 2. The average molecular weight is 289 g/mol. The number of aliphatic hydroxyl groups excluding tert-OH is 1. The van der Waals surface area contributed by atoms with Crippen LogP contribution in [0, 0.1) is 0 Å². The van der Waals surface area contributed by atoms with Crippen LogP contribution in [0.1, 0.15) is 13.8 Å². The number of hydrogen-bond acceptors (Lipinski definition) is 5. The minimum absolute atomic E-state index is 0.00248. The van der Waals surface area contributed by atoms with Crippen molar-refractivity contribution in [1.82, 2.24) is 4.72 Å². The fraction of sp³-hybridized carbons (Fsp3) is 0.500. The predicted molar refractivity (Wildman–Crippen MR) is 71.0 cm³/mol. The Kier molecular flexibility index (Phi) is 4.78.